The number of hydrogen-bond acceptors (Lipinski definition) is 3. The lowest BCUT2D eigenvalue weighted by molar-refractivity contribution is -0.128. The molecule has 3 rings (SSSR count). The van der Waals surface area contributed by atoms with Gasteiger partial charge in [0.1, 0.15) is 12.4 Å². The van der Waals surface area contributed by atoms with Gasteiger partial charge in [-0.25, -0.2) is 4.98 Å². The number of aromatic nitrogens is 2. The largest absolute Gasteiger partial charge is 0.368 e. The van der Waals surface area contributed by atoms with Crippen molar-refractivity contribution in [1.82, 2.24) is 14.9 Å². The summed E-state index contributed by atoms with van der Waals surface area (Å²) in [6, 6.07) is 0.184. The zero-order valence-electron chi connectivity index (χ0n) is 14.6. The van der Waals surface area contributed by atoms with E-state index < -0.39 is 0 Å². The molecule has 1 saturated carbocycles. The average molecular weight is 319 g/mol. The molecule has 1 aromatic heterocycles. The van der Waals surface area contributed by atoms with Crippen LogP contribution in [0.3, 0.4) is 0 Å². The van der Waals surface area contributed by atoms with Crippen LogP contribution in [0.25, 0.3) is 0 Å². The summed E-state index contributed by atoms with van der Waals surface area (Å²) < 4.78 is 7.89. The maximum Gasteiger partial charge on any atom is 0.246 e. The number of aryl methyl sites for hydroxylation is 1. The standard InChI is InChI=1S/C18H29N3O2/c1-18(2,3)15-11-21-10-13(8-9-16(21)20-15)19-17(22)12-23-14-6-4-5-7-14/h11,13-14H,4-10,12H2,1-3H3,(H,19,22)/t13-/m0/s1. The first-order valence-electron chi connectivity index (χ1n) is 8.89. The number of imidazole rings is 1. The van der Waals surface area contributed by atoms with Gasteiger partial charge in [-0.3, -0.25) is 4.79 Å². The molecule has 5 nitrogen and oxygen atoms in total. The maximum absolute atomic E-state index is 12.1. The van der Waals surface area contributed by atoms with E-state index in [9.17, 15) is 4.79 Å². The number of ether oxygens (including phenoxy) is 1. The topological polar surface area (TPSA) is 56.2 Å². The quantitative estimate of drug-likeness (QED) is 0.928. The molecule has 5 heteroatoms. The first-order chi connectivity index (χ1) is 10.9. The van der Waals surface area contributed by atoms with E-state index in [1.807, 2.05) is 0 Å². The molecule has 1 fully saturated rings. The Morgan fingerprint density at radius 3 is 2.78 bits per heavy atom. The Bertz CT molecular complexity index is 553. The van der Waals surface area contributed by atoms with Crippen LogP contribution in [0, 0.1) is 0 Å². The predicted molar refractivity (Wildman–Crippen MR) is 89.4 cm³/mol. The number of hydrogen-bond donors (Lipinski definition) is 1. The molecule has 0 unspecified atom stereocenters. The van der Waals surface area contributed by atoms with Gasteiger partial charge in [-0.15, -0.1) is 0 Å². The third-order valence-corrected chi connectivity index (χ3v) is 4.88. The van der Waals surface area contributed by atoms with Crippen molar-refractivity contribution in [3.05, 3.63) is 17.7 Å². The number of fused-ring (bicyclic) bond motifs is 1. The SMILES string of the molecule is CC(C)(C)c1cn2c(n1)CC[C@H](NC(=O)COC1CCCC1)C2. The number of rotatable bonds is 4. The lowest BCUT2D eigenvalue weighted by Gasteiger charge is -2.25. The van der Waals surface area contributed by atoms with Crippen molar-refractivity contribution in [2.24, 2.45) is 0 Å². The third kappa shape index (κ3) is 4.14. The van der Waals surface area contributed by atoms with Crippen molar-refractivity contribution >= 4 is 5.91 Å². The van der Waals surface area contributed by atoms with Crippen molar-refractivity contribution in [2.75, 3.05) is 6.61 Å². The molecule has 2 heterocycles. The van der Waals surface area contributed by atoms with E-state index in [1.54, 1.807) is 0 Å². The molecule has 2 aliphatic rings. The van der Waals surface area contributed by atoms with Crippen LogP contribution in [-0.4, -0.2) is 34.2 Å². The monoisotopic (exact) mass is 319 g/mol. The molecule has 1 N–H and O–H groups in total. The lowest BCUT2D eigenvalue weighted by Crippen LogP contribution is -2.42. The molecule has 128 valence electrons. The fraction of sp³-hybridized carbons (Fsp3) is 0.778. The van der Waals surface area contributed by atoms with Crippen molar-refractivity contribution < 1.29 is 9.53 Å². The highest BCUT2D eigenvalue weighted by atomic mass is 16.5. The van der Waals surface area contributed by atoms with Crippen LogP contribution >= 0.6 is 0 Å². The molecule has 1 atom stereocenters. The van der Waals surface area contributed by atoms with Crippen LogP contribution < -0.4 is 5.32 Å². The van der Waals surface area contributed by atoms with E-state index in [4.69, 9.17) is 9.72 Å². The fourth-order valence-corrected chi connectivity index (χ4v) is 3.44. The minimum atomic E-state index is 0.0153. The second-order valence-electron chi connectivity index (χ2n) is 7.97. The van der Waals surface area contributed by atoms with Gasteiger partial charge in [-0.1, -0.05) is 33.6 Å². The number of carbonyl (C=O) groups excluding carboxylic acids is 1. The van der Waals surface area contributed by atoms with Gasteiger partial charge >= 0.3 is 0 Å². The molecule has 0 aromatic carbocycles. The zero-order chi connectivity index (χ0) is 16.4. The molecular weight excluding hydrogens is 290 g/mol. The molecule has 1 aliphatic carbocycles. The summed E-state index contributed by atoms with van der Waals surface area (Å²) in [4.78, 5) is 16.8. The molecular formula is C18H29N3O2. The van der Waals surface area contributed by atoms with Crippen molar-refractivity contribution in [3.63, 3.8) is 0 Å². The highest BCUT2D eigenvalue weighted by Gasteiger charge is 2.25. The normalized spacial score (nSPS) is 22.1. The summed E-state index contributed by atoms with van der Waals surface area (Å²) in [6.45, 7) is 7.56. The Hall–Kier alpha value is -1.36. The summed E-state index contributed by atoms with van der Waals surface area (Å²) >= 11 is 0. The van der Waals surface area contributed by atoms with Gasteiger partial charge < -0.3 is 14.6 Å². The highest BCUT2D eigenvalue weighted by molar-refractivity contribution is 5.77. The molecule has 0 saturated heterocycles. The van der Waals surface area contributed by atoms with Crippen LogP contribution in [0.1, 0.15) is 64.4 Å². The number of nitrogens with one attached hydrogen (secondary N) is 1. The third-order valence-electron chi connectivity index (χ3n) is 4.88. The van der Waals surface area contributed by atoms with Gasteiger partial charge in [0, 0.05) is 30.6 Å². The summed E-state index contributed by atoms with van der Waals surface area (Å²) in [5, 5.41) is 3.12. The van der Waals surface area contributed by atoms with Crippen molar-refractivity contribution in [2.45, 2.75) is 83.4 Å². The summed E-state index contributed by atoms with van der Waals surface area (Å²) in [5.41, 5.74) is 1.20. The molecule has 1 aliphatic heterocycles. The molecule has 0 bridgehead atoms. The molecule has 1 aromatic rings. The zero-order valence-corrected chi connectivity index (χ0v) is 14.6. The Morgan fingerprint density at radius 1 is 1.35 bits per heavy atom. The minimum absolute atomic E-state index is 0.0153. The van der Waals surface area contributed by atoms with E-state index >= 15 is 0 Å². The van der Waals surface area contributed by atoms with Gasteiger partial charge in [-0.2, -0.15) is 0 Å². The lowest BCUT2D eigenvalue weighted by atomic mass is 9.93. The summed E-state index contributed by atoms with van der Waals surface area (Å²) in [5.74, 6) is 1.16. The summed E-state index contributed by atoms with van der Waals surface area (Å²) in [7, 11) is 0. The van der Waals surface area contributed by atoms with E-state index in [0.717, 1.165) is 43.7 Å². The van der Waals surface area contributed by atoms with Crippen LogP contribution in [0.2, 0.25) is 0 Å². The van der Waals surface area contributed by atoms with Crippen LogP contribution in [-0.2, 0) is 27.9 Å². The first kappa shape index (κ1) is 16.5. The van der Waals surface area contributed by atoms with Crippen LogP contribution in [0.15, 0.2) is 6.20 Å². The van der Waals surface area contributed by atoms with E-state index in [-0.39, 0.29) is 24.0 Å². The van der Waals surface area contributed by atoms with Crippen LogP contribution in [0.4, 0.5) is 0 Å². The first-order valence-corrected chi connectivity index (χ1v) is 8.89. The number of amides is 1. The Labute approximate surface area is 138 Å². The Kier molecular flexibility index (Phi) is 4.76. The molecule has 23 heavy (non-hydrogen) atoms. The molecule has 1 amide bonds. The second kappa shape index (κ2) is 6.63. The van der Waals surface area contributed by atoms with Gasteiger partial charge in [0.25, 0.3) is 0 Å². The average Bonchev–Trinajstić information content (AvgIpc) is 3.13. The van der Waals surface area contributed by atoms with Crippen molar-refractivity contribution in [1.29, 1.82) is 0 Å². The predicted octanol–water partition coefficient (Wildman–Crippen LogP) is 2.57. The number of carbonyl (C=O) groups is 1. The number of nitrogens with zero attached hydrogens (tertiary/aromatic N) is 2. The second-order valence-corrected chi connectivity index (χ2v) is 7.97. The van der Waals surface area contributed by atoms with E-state index in [2.05, 4.69) is 36.9 Å². The minimum Gasteiger partial charge on any atom is -0.368 e. The van der Waals surface area contributed by atoms with Gasteiger partial charge in [0.15, 0.2) is 0 Å². The maximum atomic E-state index is 12.1. The Balaban J connectivity index is 1.50. The fourth-order valence-electron chi connectivity index (χ4n) is 3.44. The highest BCUT2D eigenvalue weighted by Crippen LogP contribution is 2.24. The smallest absolute Gasteiger partial charge is 0.246 e. The molecule has 0 spiro atoms. The summed E-state index contributed by atoms with van der Waals surface area (Å²) in [6.07, 6.45) is 8.97. The van der Waals surface area contributed by atoms with Gasteiger partial charge in [0.2, 0.25) is 5.91 Å². The Morgan fingerprint density at radius 2 is 2.09 bits per heavy atom. The van der Waals surface area contributed by atoms with Gasteiger partial charge in [-0.05, 0) is 19.3 Å². The molecule has 0 radical (unpaired) electrons. The van der Waals surface area contributed by atoms with E-state index in [1.165, 1.54) is 12.8 Å². The van der Waals surface area contributed by atoms with Crippen molar-refractivity contribution in [3.8, 4) is 0 Å². The van der Waals surface area contributed by atoms with E-state index in [0.29, 0.717) is 6.10 Å². The van der Waals surface area contributed by atoms with Crippen LogP contribution in [0.5, 0.6) is 0 Å². The van der Waals surface area contributed by atoms with Gasteiger partial charge in [0.05, 0.1) is 11.8 Å².